The molecule has 0 bridgehead atoms. The number of hydrogen-bond acceptors (Lipinski definition) is 4. The lowest BCUT2D eigenvalue weighted by molar-refractivity contribution is 0.610. The molecule has 1 aromatic carbocycles. The molecule has 2 rings (SSSR count). The summed E-state index contributed by atoms with van der Waals surface area (Å²) in [5, 5.41) is 0.334. The van der Waals surface area contributed by atoms with Crippen LogP contribution in [0.1, 0.15) is 0 Å². The number of benzene rings is 1. The van der Waals surface area contributed by atoms with Crippen LogP contribution in [-0.4, -0.2) is 13.4 Å². The van der Waals surface area contributed by atoms with Crippen molar-refractivity contribution in [3.63, 3.8) is 0 Å². The van der Waals surface area contributed by atoms with Gasteiger partial charge in [0.15, 0.2) is 0 Å². The second kappa shape index (κ2) is 3.34. The fourth-order valence-electron chi connectivity index (χ4n) is 1.09. The van der Waals surface area contributed by atoms with Crippen molar-refractivity contribution in [1.82, 2.24) is 4.98 Å². The van der Waals surface area contributed by atoms with E-state index in [0.717, 1.165) is 0 Å². The zero-order valence-corrected chi connectivity index (χ0v) is 9.71. The molecule has 1 aromatic heterocycles. The lowest BCUT2D eigenvalue weighted by Gasteiger charge is -1.98. The van der Waals surface area contributed by atoms with Gasteiger partial charge >= 0.3 is 0 Å². The fourth-order valence-corrected chi connectivity index (χ4v) is 3.26. The molecule has 0 saturated heterocycles. The van der Waals surface area contributed by atoms with E-state index in [1.54, 1.807) is 11.6 Å². The lowest BCUT2D eigenvalue weighted by atomic mass is 10.3. The predicted molar refractivity (Wildman–Crippen MR) is 57.7 cm³/mol. The van der Waals surface area contributed by atoms with E-state index in [2.05, 4.69) is 4.98 Å². The van der Waals surface area contributed by atoms with E-state index in [1.165, 1.54) is 17.4 Å². The summed E-state index contributed by atoms with van der Waals surface area (Å²) >= 11 is 7.06. The van der Waals surface area contributed by atoms with E-state index in [-0.39, 0.29) is 4.90 Å². The van der Waals surface area contributed by atoms with Gasteiger partial charge in [-0.15, -0.1) is 11.3 Å². The molecule has 0 aliphatic rings. The Morgan fingerprint density at radius 3 is 2.71 bits per heavy atom. The highest BCUT2D eigenvalue weighted by Gasteiger charge is 2.17. The molecule has 0 unspecified atom stereocenters. The summed E-state index contributed by atoms with van der Waals surface area (Å²) in [5.74, 6) is 0. The predicted octanol–water partition coefficient (Wildman–Crippen LogP) is 2.88. The van der Waals surface area contributed by atoms with Crippen LogP contribution in [0.5, 0.6) is 0 Å². The van der Waals surface area contributed by atoms with Gasteiger partial charge in [0.1, 0.15) is 10.4 Å². The maximum atomic E-state index is 11.2. The van der Waals surface area contributed by atoms with Crippen molar-refractivity contribution in [1.29, 1.82) is 0 Å². The van der Waals surface area contributed by atoms with Gasteiger partial charge in [0.2, 0.25) is 0 Å². The Hall–Kier alpha value is -0.360. The second-order valence-electron chi connectivity index (χ2n) is 2.54. The molecule has 14 heavy (non-hydrogen) atoms. The maximum absolute atomic E-state index is 11.2. The number of halogens is 2. The average Bonchev–Trinajstić information content (AvgIpc) is 2.47. The summed E-state index contributed by atoms with van der Waals surface area (Å²) in [6.45, 7) is 0. The molecule has 0 spiro atoms. The standard InChI is InChI=1S/C7H3Cl2NO2S2/c8-4-1-5-7(10-3-13-5)6(2-4)14(9,11)12/h1-3H. The molecule has 2 aromatic rings. The van der Waals surface area contributed by atoms with Crippen molar-refractivity contribution in [2.75, 3.05) is 0 Å². The van der Waals surface area contributed by atoms with E-state index in [1.807, 2.05) is 0 Å². The summed E-state index contributed by atoms with van der Waals surface area (Å²) < 4.78 is 23.0. The molecule has 1 heterocycles. The zero-order valence-electron chi connectivity index (χ0n) is 6.57. The summed E-state index contributed by atoms with van der Waals surface area (Å²) in [6, 6.07) is 2.95. The molecule has 74 valence electrons. The Kier molecular flexibility index (Phi) is 2.43. The minimum Gasteiger partial charge on any atom is -0.243 e. The molecule has 0 aliphatic carbocycles. The van der Waals surface area contributed by atoms with E-state index >= 15 is 0 Å². The molecule has 0 saturated carbocycles. The van der Waals surface area contributed by atoms with Gasteiger partial charge in [-0.25, -0.2) is 13.4 Å². The first kappa shape index (κ1) is 10.2. The van der Waals surface area contributed by atoms with Crippen LogP contribution in [0.25, 0.3) is 10.2 Å². The van der Waals surface area contributed by atoms with Crippen molar-refractivity contribution in [2.45, 2.75) is 4.90 Å². The Bertz CT molecular complexity index is 591. The largest absolute Gasteiger partial charge is 0.263 e. The van der Waals surface area contributed by atoms with Gasteiger partial charge in [-0.1, -0.05) is 11.6 Å². The SMILES string of the molecule is O=S(=O)(Cl)c1cc(Cl)cc2scnc12. The number of rotatable bonds is 1. The summed E-state index contributed by atoms with van der Waals surface area (Å²) in [5.41, 5.74) is 1.92. The van der Waals surface area contributed by atoms with Gasteiger partial charge in [-0.2, -0.15) is 0 Å². The topological polar surface area (TPSA) is 47.0 Å². The third-order valence-electron chi connectivity index (χ3n) is 1.63. The van der Waals surface area contributed by atoms with Crippen molar-refractivity contribution < 1.29 is 8.42 Å². The van der Waals surface area contributed by atoms with Gasteiger partial charge < -0.3 is 0 Å². The molecule has 0 fully saturated rings. The molecule has 0 atom stereocenters. The Balaban J connectivity index is 2.94. The quantitative estimate of drug-likeness (QED) is 0.747. The van der Waals surface area contributed by atoms with Gasteiger partial charge in [0.25, 0.3) is 9.05 Å². The molecular formula is C7H3Cl2NO2S2. The van der Waals surface area contributed by atoms with Crippen LogP contribution in [0, 0.1) is 0 Å². The highest BCUT2D eigenvalue weighted by Crippen LogP contribution is 2.30. The molecule has 0 N–H and O–H groups in total. The molecule has 3 nitrogen and oxygen atoms in total. The van der Waals surface area contributed by atoms with Crippen LogP contribution in [0.3, 0.4) is 0 Å². The number of thiazole rings is 1. The second-order valence-corrected chi connectivity index (χ2v) is 6.40. The van der Waals surface area contributed by atoms with Crippen LogP contribution in [0.2, 0.25) is 5.02 Å². The van der Waals surface area contributed by atoms with E-state index < -0.39 is 9.05 Å². The van der Waals surface area contributed by atoms with E-state index in [4.69, 9.17) is 22.3 Å². The summed E-state index contributed by atoms with van der Waals surface area (Å²) in [6.07, 6.45) is 0. The first-order chi connectivity index (χ1) is 6.48. The third kappa shape index (κ3) is 1.72. The van der Waals surface area contributed by atoms with Gasteiger partial charge in [0.05, 0.1) is 10.2 Å². The average molecular weight is 268 g/mol. The van der Waals surface area contributed by atoms with Crippen LogP contribution >= 0.6 is 33.6 Å². The smallest absolute Gasteiger partial charge is 0.243 e. The van der Waals surface area contributed by atoms with Crippen molar-refractivity contribution in [3.8, 4) is 0 Å². The van der Waals surface area contributed by atoms with Crippen LogP contribution in [0.4, 0.5) is 0 Å². The van der Waals surface area contributed by atoms with Crippen LogP contribution in [-0.2, 0) is 9.05 Å². The molecular weight excluding hydrogens is 265 g/mol. The summed E-state index contributed by atoms with van der Waals surface area (Å²) in [7, 11) is 1.45. The fraction of sp³-hybridized carbons (Fsp3) is 0. The normalized spacial score (nSPS) is 12.1. The first-order valence-electron chi connectivity index (χ1n) is 3.46. The highest BCUT2D eigenvalue weighted by molar-refractivity contribution is 8.14. The van der Waals surface area contributed by atoms with Crippen molar-refractivity contribution in [2.24, 2.45) is 0 Å². The number of nitrogens with zero attached hydrogens (tertiary/aromatic N) is 1. The van der Waals surface area contributed by atoms with Gasteiger partial charge in [0, 0.05) is 15.7 Å². The van der Waals surface area contributed by atoms with E-state index in [0.29, 0.717) is 15.2 Å². The Morgan fingerprint density at radius 2 is 2.07 bits per heavy atom. The van der Waals surface area contributed by atoms with Crippen LogP contribution in [0.15, 0.2) is 22.5 Å². The maximum Gasteiger partial charge on any atom is 0.263 e. The minimum atomic E-state index is -3.79. The monoisotopic (exact) mass is 267 g/mol. The third-order valence-corrected chi connectivity index (χ3v) is 3.96. The van der Waals surface area contributed by atoms with Crippen molar-refractivity contribution in [3.05, 3.63) is 22.7 Å². The Labute approximate surface area is 93.7 Å². The number of fused-ring (bicyclic) bond motifs is 1. The number of hydrogen-bond donors (Lipinski definition) is 0. The molecule has 0 aliphatic heterocycles. The summed E-state index contributed by atoms with van der Waals surface area (Å²) in [4.78, 5) is 3.88. The van der Waals surface area contributed by atoms with E-state index in [9.17, 15) is 8.42 Å². The van der Waals surface area contributed by atoms with Gasteiger partial charge in [-0.3, -0.25) is 0 Å². The first-order valence-corrected chi connectivity index (χ1v) is 7.02. The van der Waals surface area contributed by atoms with Crippen molar-refractivity contribution >= 4 is 52.9 Å². The lowest BCUT2D eigenvalue weighted by Crippen LogP contribution is -1.91. The van der Waals surface area contributed by atoms with Crippen LogP contribution < -0.4 is 0 Å². The molecule has 0 radical (unpaired) electrons. The Morgan fingerprint density at radius 1 is 1.36 bits per heavy atom. The number of aromatic nitrogens is 1. The highest BCUT2D eigenvalue weighted by atomic mass is 35.7. The zero-order chi connectivity index (χ0) is 10.3. The molecule has 0 amide bonds. The van der Waals surface area contributed by atoms with Gasteiger partial charge in [-0.05, 0) is 12.1 Å². The minimum absolute atomic E-state index is 0.0390. The molecule has 7 heteroatoms.